The first-order valence-corrected chi connectivity index (χ1v) is 27.1. The third-order valence-electron chi connectivity index (χ3n) is 13.7. The molecule has 76 heavy (non-hydrogen) atoms. The van der Waals surface area contributed by atoms with Crippen molar-refractivity contribution < 1.29 is 43.4 Å². The number of fused-ring (bicyclic) bond motifs is 4. The van der Waals surface area contributed by atoms with Gasteiger partial charge in [-0.3, -0.25) is 43.1 Å². The highest BCUT2D eigenvalue weighted by molar-refractivity contribution is 7.15. The largest absolute Gasteiger partial charge is 0.391 e. The number of hydrogen-bond donors (Lipinski definition) is 6. The van der Waals surface area contributed by atoms with E-state index < -0.39 is 96.0 Å². The molecule has 3 aromatic heterocycles. The number of aliphatic hydroxyl groups is 1. The number of benzene rings is 2. The lowest BCUT2D eigenvalue weighted by atomic mass is 9.85. The van der Waals surface area contributed by atoms with E-state index in [-0.39, 0.29) is 51.9 Å². The van der Waals surface area contributed by atoms with Crippen molar-refractivity contribution in [1.82, 2.24) is 51.2 Å². The fraction of sp³-hybridized carbons (Fsp3) is 0.453. The van der Waals surface area contributed by atoms with E-state index in [0.717, 1.165) is 42.7 Å². The van der Waals surface area contributed by atoms with Crippen LogP contribution in [0.4, 0.5) is 0 Å². The minimum absolute atomic E-state index is 0.0833. The molecule has 20 nitrogen and oxygen atoms in total. The van der Waals surface area contributed by atoms with Gasteiger partial charge in [-0.1, -0.05) is 68.8 Å². The van der Waals surface area contributed by atoms with Crippen LogP contribution in [0, 0.1) is 39.0 Å². The molecule has 2 fully saturated rings. The Bertz CT molecular complexity index is 3050. The van der Waals surface area contributed by atoms with Crippen molar-refractivity contribution in [2.45, 2.75) is 104 Å². The van der Waals surface area contributed by atoms with Gasteiger partial charge in [0.05, 0.1) is 65.9 Å². The quantitative estimate of drug-likeness (QED) is 0.133. The summed E-state index contributed by atoms with van der Waals surface area (Å²) >= 11 is 9.33. The number of aromatic nitrogens is 4. The Morgan fingerprint density at radius 3 is 2.33 bits per heavy atom. The molecule has 0 saturated carbocycles. The van der Waals surface area contributed by atoms with Crippen LogP contribution in [0.5, 0.6) is 0 Å². The van der Waals surface area contributed by atoms with Gasteiger partial charge >= 0.3 is 0 Å². The molecule has 3 aliphatic rings. The molecule has 0 radical (unpaired) electrons. The van der Waals surface area contributed by atoms with Crippen LogP contribution < -0.4 is 26.6 Å². The van der Waals surface area contributed by atoms with Crippen molar-refractivity contribution >= 4 is 81.2 Å². The van der Waals surface area contributed by atoms with Crippen molar-refractivity contribution in [2.24, 2.45) is 16.3 Å². The van der Waals surface area contributed by atoms with Gasteiger partial charge in [-0.25, -0.2) is 4.98 Å². The molecule has 8 rings (SSSR count). The molecule has 6 N–H and O–H groups in total. The molecule has 3 aliphatic heterocycles. The fourth-order valence-corrected chi connectivity index (χ4v) is 11.7. The maximum Gasteiger partial charge on any atom is 0.246 e. The molecule has 6 atom stereocenters. The second-order valence-corrected chi connectivity index (χ2v) is 22.9. The van der Waals surface area contributed by atoms with E-state index in [1.54, 1.807) is 61.9 Å². The summed E-state index contributed by atoms with van der Waals surface area (Å²) in [6.45, 7) is 11.4. The van der Waals surface area contributed by atoms with Crippen molar-refractivity contribution in [1.29, 1.82) is 0 Å². The molecule has 0 unspecified atom stereocenters. The Morgan fingerprint density at radius 1 is 0.908 bits per heavy atom. The van der Waals surface area contributed by atoms with E-state index in [1.807, 2.05) is 56.5 Å². The summed E-state index contributed by atoms with van der Waals surface area (Å²) in [6, 6.07) is 10.5. The van der Waals surface area contributed by atoms with Gasteiger partial charge in [0, 0.05) is 53.5 Å². The van der Waals surface area contributed by atoms with Gasteiger partial charge in [0.25, 0.3) is 0 Å². The molecule has 6 amide bonds. The number of aliphatic hydroxyl groups excluding tert-OH is 1. The summed E-state index contributed by atoms with van der Waals surface area (Å²) in [6.07, 6.45) is -2.04. The van der Waals surface area contributed by atoms with Gasteiger partial charge in [-0.05, 0) is 61.9 Å². The number of hydrogen-bond acceptors (Lipinski definition) is 15. The number of halogens is 1. The third kappa shape index (κ3) is 12.7. The topological polar surface area (TPSA) is 268 Å². The summed E-state index contributed by atoms with van der Waals surface area (Å²) in [4.78, 5) is 110. The van der Waals surface area contributed by atoms with Crippen molar-refractivity contribution in [2.75, 3.05) is 39.4 Å². The second-order valence-electron chi connectivity index (χ2n) is 20.4. The zero-order valence-electron chi connectivity index (χ0n) is 43.3. The Hall–Kier alpha value is -6.72. The van der Waals surface area contributed by atoms with Crippen LogP contribution in [0.2, 0.25) is 5.02 Å². The Labute approximate surface area is 452 Å². The van der Waals surface area contributed by atoms with E-state index in [2.05, 4.69) is 41.8 Å². The molecule has 2 saturated heterocycles. The normalized spacial score (nSPS) is 22.6. The lowest BCUT2D eigenvalue weighted by Gasteiger charge is -2.35. The number of amides is 6. The molecule has 2 aromatic carbocycles. The summed E-state index contributed by atoms with van der Waals surface area (Å²) in [5.41, 5.74) is 6.50. The number of carbonyl (C=O) groups excluding carboxylic acids is 7. The lowest BCUT2D eigenvalue weighted by Crippen LogP contribution is -2.58. The number of nitrogens with zero attached hydrogens (tertiary/aromatic N) is 6. The predicted molar refractivity (Wildman–Crippen MR) is 286 cm³/mol. The van der Waals surface area contributed by atoms with Gasteiger partial charge < -0.3 is 41.3 Å². The van der Waals surface area contributed by atoms with Crippen LogP contribution in [0.1, 0.15) is 103 Å². The summed E-state index contributed by atoms with van der Waals surface area (Å²) < 4.78 is 7.53. The third-order valence-corrected chi connectivity index (χ3v) is 16.1. The number of carbonyl (C=O) groups is 7. The first kappa shape index (κ1) is 55.5. The Morgan fingerprint density at radius 2 is 1.63 bits per heavy atom. The SMILES string of the molecule is Cc1ncsc1-c1ccc([C@H]2CC(=O)NCC(=O)C[C@H](CNC(=O)C[C@@H]3N=C(c4ccc(Cl)cc4)c4c(sc(C)c4C)-n4c(C)nnc43)C(=O)NCCOCC(=O)N[C@@H](C(C)(C)C)C(=O)N3C[C@H](O)C[C@H]3C(=O)N2)cc1. The average Bonchev–Trinajstić information content (AvgIpc) is 4.20. The minimum Gasteiger partial charge on any atom is -0.391 e. The Balaban J connectivity index is 1.02. The van der Waals surface area contributed by atoms with Gasteiger partial charge in [0.2, 0.25) is 35.4 Å². The number of aryl methyl sites for hydroxylation is 3. The first-order valence-electron chi connectivity index (χ1n) is 25.0. The van der Waals surface area contributed by atoms with E-state index in [4.69, 9.17) is 21.3 Å². The van der Waals surface area contributed by atoms with Crippen LogP contribution >= 0.6 is 34.3 Å². The average molecular weight is 1100 g/mol. The number of aliphatic imine (C=N–C) groups is 1. The molecular weight excluding hydrogens is 1030 g/mol. The zero-order chi connectivity index (χ0) is 54.6. The fourth-order valence-electron chi connectivity index (χ4n) is 9.52. The van der Waals surface area contributed by atoms with Crippen molar-refractivity contribution in [3.05, 3.63) is 104 Å². The Kier molecular flexibility index (Phi) is 17.3. The molecule has 0 bridgehead atoms. The lowest BCUT2D eigenvalue weighted by molar-refractivity contribution is -0.144. The monoisotopic (exact) mass is 1100 g/mol. The van der Waals surface area contributed by atoms with Crippen LogP contribution in [0.25, 0.3) is 15.4 Å². The maximum absolute atomic E-state index is 14.3. The first-order chi connectivity index (χ1) is 36.2. The predicted octanol–water partition coefficient (Wildman–Crippen LogP) is 4.32. The molecule has 23 heteroatoms. The number of ether oxygens (including phenoxy) is 1. The van der Waals surface area contributed by atoms with E-state index in [9.17, 15) is 38.7 Å². The number of thiophene rings is 1. The number of nitrogens with one attached hydrogen (secondary N) is 5. The van der Waals surface area contributed by atoms with Crippen LogP contribution in [0.3, 0.4) is 0 Å². The number of Topliss-reactive ketones (excluding diaryl/α,β-unsaturated/α-hetero) is 1. The van der Waals surface area contributed by atoms with Crippen LogP contribution in [0.15, 0.2) is 59.0 Å². The number of rotatable bonds is 7. The number of ketones is 1. The van der Waals surface area contributed by atoms with Gasteiger partial charge in [0.1, 0.15) is 35.6 Å². The maximum atomic E-state index is 14.3. The van der Waals surface area contributed by atoms with E-state index in [1.165, 1.54) is 16.2 Å². The van der Waals surface area contributed by atoms with Gasteiger partial charge in [0.15, 0.2) is 11.6 Å². The second kappa shape index (κ2) is 23.7. The molecule has 0 aliphatic carbocycles. The molecule has 402 valence electrons. The summed E-state index contributed by atoms with van der Waals surface area (Å²) in [5.74, 6) is -4.12. The van der Waals surface area contributed by atoms with E-state index in [0.29, 0.717) is 27.9 Å². The van der Waals surface area contributed by atoms with Crippen molar-refractivity contribution in [3.8, 4) is 15.4 Å². The summed E-state index contributed by atoms with van der Waals surface area (Å²) in [7, 11) is 0. The molecule has 6 heterocycles. The summed E-state index contributed by atoms with van der Waals surface area (Å²) in [5, 5.41) is 35.0. The van der Waals surface area contributed by atoms with Crippen LogP contribution in [-0.4, -0.2) is 134 Å². The standard InChI is InChI=1S/C53H62ClN11O9S2/c1-27-29(3)76-52-44(27)45(32-12-14-35(54)15-13-32)59-39(48-63-62-30(4)65(48)52)21-42(69)56-22-34-18-36(66)23-57-41(68)20-38(31-8-10-33(11-9-31)46-28(2)58-26-75-46)60-50(72)40-19-37(67)24-64(40)51(73)47(53(5,6)7)61-43(70)25-74-17-16-55-49(34)71/h8-15,26,34,37-40,47,67H,16-25H2,1-7H3,(H,55,71)(H,56,69)(H,57,68)(H,60,72)(H,61,70)/t34-,37-,38-,39+,40+,47-/m1/s1. The highest BCUT2D eigenvalue weighted by atomic mass is 35.5. The zero-order valence-corrected chi connectivity index (χ0v) is 45.7. The number of thiazole rings is 1. The van der Waals surface area contributed by atoms with Crippen LogP contribution in [-0.2, 0) is 38.3 Å². The molecule has 0 spiro atoms. The minimum atomic E-state index is -1.15. The highest BCUT2D eigenvalue weighted by Crippen LogP contribution is 2.40. The highest BCUT2D eigenvalue weighted by Gasteiger charge is 2.45. The molecular formula is C53H62ClN11O9S2. The van der Waals surface area contributed by atoms with Gasteiger partial charge in [-0.15, -0.1) is 32.9 Å². The van der Waals surface area contributed by atoms with E-state index >= 15 is 0 Å². The smallest absolute Gasteiger partial charge is 0.246 e. The van der Waals surface area contributed by atoms with Crippen molar-refractivity contribution in [3.63, 3.8) is 0 Å². The molecule has 5 aromatic rings. The van der Waals surface area contributed by atoms with Gasteiger partial charge in [-0.2, -0.15) is 0 Å².